The van der Waals surface area contributed by atoms with Gasteiger partial charge in [-0.2, -0.15) is 0 Å². The second kappa shape index (κ2) is 5.13. The average Bonchev–Trinajstić information content (AvgIpc) is 2.27. The summed E-state index contributed by atoms with van der Waals surface area (Å²) in [5, 5.41) is 0. The first-order valence-corrected chi connectivity index (χ1v) is 6.07. The van der Waals surface area contributed by atoms with E-state index in [1.165, 1.54) is 0 Å². The van der Waals surface area contributed by atoms with E-state index in [9.17, 15) is 4.79 Å². The van der Waals surface area contributed by atoms with Crippen LogP contribution in [0.1, 0.15) is 32.7 Å². The van der Waals surface area contributed by atoms with E-state index in [2.05, 4.69) is 11.1 Å². The van der Waals surface area contributed by atoms with E-state index in [0.717, 1.165) is 27.9 Å². The third-order valence-corrected chi connectivity index (χ3v) is 2.87. The topological polar surface area (TPSA) is 30.0 Å². The molecule has 0 N–H and O–H groups in total. The smallest absolute Gasteiger partial charge is 0.167 e. The van der Waals surface area contributed by atoms with Gasteiger partial charge in [0.25, 0.3) is 0 Å². The lowest BCUT2D eigenvalue weighted by atomic mass is 10.00. The molecule has 0 amide bonds. The molecule has 0 spiro atoms. The third-order valence-electron chi connectivity index (χ3n) is 2.87. The number of carbonyl (C=O) groups excluding carboxylic acids is 1. The molecular weight excluding hydrogens is 222 g/mol. The zero-order chi connectivity index (χ0) is 13.1. The Hall–Kier alpha value is -1.96. The number of aromatic nitrogens is 1. The van der Waals surface area contributed by atoms with Gasteiger partial charge in [-0.1, -0.05) is 17.2 Å². The number of hydrogen-bond donors (Lipinski definition) is 0. The van der Waals surface area contributed by atoms with Gasteiger partial charge in [-0.15, -0.1) is 0 Å². The van der Waals surface area contributed by atoms with E-state index < -0.39 is 0 Å². The van der Waals surface area contributed by atoms with Crippen molar-refractivity contribution in [3.05, 3.63) is 64.5 Å². The first-order chi connectivity index (χ1) is 8.54. The van der Waals surface area contributed by atoms with Crippen molar-refractivity contribution in [1.82, 2.24) is 4.98 Å². The molecule has 1 aromatic heterocycles. The molecular formula is C16H17NO. The van der Waals surface area contributed by atoms with Crippen LogP contribution < -0.4 is 0 Å². The highest BCUT2D eigenvalue weighted by molar-refractivity contribution is 5.97. The Bertz CT molecular complexity index is 567. The highest BCUT2D eigenvalue weighted by Gasteiger charge is 2.08. The number of rotatable bonds is 3. The zero-order valence-corrected chi connectivity index (χ0v) is 11.0. The number of benzene rings is 1. The number of pyridine rings is 1. The summed E-state index contributed by atoms with van der Waals surface area (Å²) < 4.78 is 0. The molecule has 92 valence electrons. The first kappa shape index (κ1) is 12.5. The quantitative estimate of drug-likeness (QED) is 0.768. The molecule has 0 atom stereocenters. The highest BCUT2D eigenvalue weighted by atomic mass is 16.1. The summed E-state index contributed by atoms with van der Waals surface area (Å²) in [5.74, 6) is 0.160. The van der Waals surface area contributed by atoms with Crippen molar-refractivity contribution in [2.24, 2.45) is 0 Å². The minimum atomic E-state index is 0.160. The fourth-order valence-electron chi connectivity index (χ4n) is 2.14. The van der Waals surface area contributed by atoms with Crippen LogP contribution in [0.5, 0.6) is 0 Å². The monoisotopic (exact) mass is 239 g/mol. The van der Waals surface area contributed by atoms with E-state index in [1.807, 2.05) is 45.0 Å². The van der Waals surface area contributed by atoms with Crippen LogP contribution in [0, 0.1) is 20.8 Å². The van der Waals surface area contributed by atoms with Crippen LogP contribution in [-0.2, 0) is 6.42 Å². The minimum absolute atomic E-state index is 0.160. The van der Waals surface area contributed by atoms with Gasteiger partial charge in [-0.25, -0.2) is 0 Å². The molecule has 2 nitrogen and oxygen atoms in total. The van der Waals surface area contributed by atoms with Crippen molar-refractivity contribution < 1.29 is 4.79 Å². The van der Waals surface area contributed by atoms with Crippen LogP contribution in [0.25, 0.3) is 0 Å². The lowest BCUT2D eigenvalue weighted by Crippen LogP contribution is -2.04. The van der Waals surface area contributed by atoms with Crippen molar-refractivity contribution >= 4 is 5.78 Å². The number of nitrogens with zero attached hydrogens (tertiary/aromatic N) is 1. The molecule has 2 heteroatoms. The summed E-state index contributed by atoms with van der Waals surface area (Å²) in [6, 6.07) is 9.83. The summed E-state index contributed by atoms with van der Waals surface area (Å²) in [4.78, 5) is 16.3. The molecule has 18 heavy (non-hydrogen) atoms. The van der Waals surface area contributed by atoms with Gasteiger partial charge >= 0.3 is 0 Å². The van der Waals surface area contributed by atoms with Gasteiger partial charge in [-0.3, -0.25) is 9.78 Å². The van der Waals surface area contributed by atoms with Crippen LogP contribution in [-0.4, -0.2) is 10.8 Å². The van der Waals surface area contributed by atoms with Crippen molar-refractivity contribution in [3.63, 3.8) is 0 Å². The van der Waals surface area contributed by atoms with E-state index in [0.29, 0.717) is 6.42 Å². The number of hydrogen-bond acceptors (Lipinski definition) is 2. The predicted molar refractivity (Wildman–Crippen MR) is 72.9 cm³/mol. The zero-order valence-electron chi connectivity index (χ0n) is 11.0. The van der Waals surface area contributed by atoms with E-state index in [1.54, 1.807) is 6.20 Å². The van der Waals surface area contributed by atoms with Crippen molar-refractivity contribution in [1.29, 1.82) is 0 Å². The molecule has 0 saturated heterocycles. The van der Waals surface area contributed by atoms with Gasteiger partial charge in [0.1, 0.15) is 0 Å². The van der Waals surface area contributed by atoms with Crippen LogP contribution >= 0.6 is 0 Å². The summed E-state index contributed by atoms with van der Waals surface area (Å²) in [6.45, 7) is 5.96. The van der Waals surface area contributed by atoms with E-state index in [-0.39, 0.29) is 5.78 Å². The van der Waals surface area contributed by atoms with E-state index >= 15 is 0 Å². The molecule has 0 bridgehead atoms. The number of carbonyl (C=O) groups is 1. The summed E-state index contributed by atoms with van der Waals surface area (Å²) in [7, 11) is 0. The maximum absolute atomic E-state index is 12.2. The summed E-state index contributed by atoms with van der Waals surface area (Å²) in [6.07, 6.45) is 2.19. The first-order valence-electron chi connectivity index (χ1n) is 6.07. The third kappa shape index (κ3) is 3.04. The van der Waals surface area contributed by atoms with Crippen LogP contribution in [0.15, 0.2) is 36.5 Å². The van der Waals surface area contributed by atoms with Crippen molar-refractivity contribution in [3.8, 4) is 0 Å². The minimum Gasteiger partial charge on any atom is -0.294 e. The lowest BCUT2D eigenvalue weighted by Gasteiger charge is -2.05. The normalized spacial score (nSPS) is 10.4. The molecule has 0 unspecified atom stereocenters. The summed E-state index contributed by atoms with van der Waals surface area (Å²) >= 11 is 0. The molecule has 1 heterocycles. The average molecular weight is 239 g/mol. The standard InChI is InChI=1S/C16H17NO/c1-11-6-12(2)8-15(7-11)16(18)10-14-4-5-17-13(3)9-14/h4-9H,10H2,1-3H3. The predicted octanol–water partition coefficient (Wildman–Crippen LogP) is 3.43. The fourth-order valence-corrected chi connectivity index (χ4v) is 2.14. The van der Waals surface area contributed by atoms with E-state index in [4.69, 9.17) is 0 Å². The molecule has 0 fully saturated rings. The number of ketones is 1. The van der Waals surface area contributed by atoms with Gasteiger partial charge < -0.3 is 0 Å². The Morgan fingerprint density at radius 3 is 2.33 bits per heavy atom. The van der Waals surface area contributed by atoms with Gasteiger partial charge in [0.05, 0.1) is 0 Å². The van der Waals surface area contributed by atoms with Crippen LogP contribution in [0.4, 0.5) is 0 Å². The maximum Gasteiger partial charge on any atom is 0.167 e. The van der Waals surface area contributed by atoms with Gasteiger partial charge in [-0.05, 0) is 50.6 Å². The van der Waals surface area contributed by atoms with Crippen LogP contribution in [0.3, 0.4) is 0 Å². The highest BCUT2D eigenvalue weighted by Crippen LogP contribution is 2.12. The molecule has 0 aliphatic rings. The Morgan fingerprint density at radius 1 is 1.06 bits per heavy atom. The molecule has 0 saturated carbocycles. The second-order valence-corrected chi connectivity index (χ2v) is 4.78. The molecule has 2 rings (SSSR count). The van der Waals surface area contributed by atoms with Crippen molar-refractivity contribution in [2.45, 2.75) is 27.2 Å². The Morgan fingerprint density at radius 2 is 1.72 bits per heavy atom. The second-order valence-electron chi connectivity index (χ2n) is 4.78. The number of aryl methyl sites for hydroxylation is 3. The molecule has 2 aromatic rings. The van der Waals surface area contributed by atoms with Crippen molar-refractivity contribution in [2.75, 3.05) is 0 Å². The van der Waals surface area contributed by atoms with Gasteiger partial charge in [0.15, 0.2) is 5.78 Å². The number of Topliss-reactive ketones (excluding diaryl/α,β-unsaturated/α-hetero) is 1. The molecule has 0 aliphatic heterocycles. The van der Waals surface area contributed by atoms with Gasteiger partial charge in [0.2, 0.25) is 0 Å². The van der Waals surface area contributed by atoms with Gasteiger partial charge in [0, 0.05) is 23.9 Å². The fraction of sp³-hybridized carbons (Fsp3) is 0.250. The lowest BCUT2D eigenvalue weighted by molar-refractivity contribution is 0.0993. The van der Waals surface area contributed by atoms with Crippen LogP contribution in [0.2, 0.25) is 0 Å². The molecule has 0 aliphatic carbocycles. The Kier molecular flexibility index (Phi) is 3.56. The largest absolute Gasteiger partial charge is 0.294 e. The summed E-state index contributed by atoms with van der Waals surface area (Å²) in [5.41, 5.74) is 5.02. The Balaban J connectivity index is 2.22. The maximum atomic E-state index is 12.2. The molecule has 1 aromatic carbocycles. The molecule has 0 radical (unpaired) electrons. The Labute approximate surface area is 108 Å². The SMILES string of the molecule is Cc1cc(C)cc(C(=O)Cc2ccnc(C)c2)c1.